The maximum atomic E-state index is 11.0. The molecule has 1 saturated heterocycles. The first-order valence-electron chi connectivity index (χ1n) is 12.0. The van der Waals surface area contributed by atoms with Crippen LogP contribution in [-0.4, -0.2) is 58.8 Å². The summed E-state index contributed by atoms with van der Waals surface area (Å²) in [6, 6.07) is 13.7. The summed E-state index contributed by atoms with van der Waals surface area (Å²) in [6.45, 7) is 6.01. The molecule has 0 spiro atoms. The van der Waals surface area contributed by atoms with E-state index in [1.807, 2.05) is 54.2 Å². The second-order valence-electron chi connectivity index (χ2n) is 9.18. The molecule has 0 radical (unpaired) electrons. The van der Waals surface area contributed by atoms with E-state index in [9.17, 15) is 5.11 Å². The minimum atomic E-state index is -0.852. The number of aliphatic hydroxyl groups is 1. The van der Waals surface area contributed by atoms with Gasteiger partial charge >= 0.3 is 0 Å². The number of aromatic nitrogens is 2. The van der Waals surface area contributed by atoms with Gasteiger partial charge in [-0.3, -0.25) is 9.58 Å². The molecule has 2 aromatic carbocycles. The van der Waals surface area contributed by atoms with E-state index < -0.39 is 5.60 Å². The first kappa shape index (κ1) is 25.4. The minimum absolute atomic E-state index is 0.240. The van der Waals surface area contributed by atoms with Gasteiger partial charge in [-0.1, -0.05) is 23.7 Å². The van der Waals surface area contributed by atoms with Crippen LogP contribution < -0.4 is 14.2 Å². The summed E-state index contributed by atoms with van der Waals surface area (Å²) in [4.78, 5) is 2.34. The number of rotatable bonds is 11. The highest BCUT2D eigenvalue weighted by Crippen LogP contribution is 2.31. The molecule has 1 aromatic heterocycles. The Morgan fingerprint density at radius 2 is 1.89 bits per heavy atom. The lowest BCUT2D eigenvalue weighted by atomic mass is 9.92. The summed E-state index contributed by atoms with van der Waals surface area (Å²) in [5.41, 5.74) is 1.38. The molecule has 1 N–H and O–H groups in total. The molecule has 0 saturated carbocycles. The van der Waals surface area contributed by atoms with E-state index in [-0.39, 0.29) is 6.61 Å². The van der Waals surface area contributed by atoms with Crippen LogP contribution in [0.3, 0.4) is 0 Å². The molecule has 1 fully saturated rings. The zero-order chi connectivity index (χ0) is 24.7. The predicted molar refractivity (Wildman–Crippen MR) is 136 cm³/mol. The third-order valence-electron chi connectivity index (χ3n) is 6.35. The summed E-state index contributed by atoms with van der Waals surface area (Å²) >= 11 is 6.23. The van der Waals surface area contributed by atoms with E-state index in [1.54, 1.807) is 13.3 Å². The van der Waals surface area contributed by atoms with Gasteiger partial charge in [-0.15, -0.1) is 0 Å². The average Bonchev–Trinajstić information content (AvgIpc) is 3.38. The first-order chi connectivity index (χ1) is 16.9. The number of halogens is 1. The van der Waals surface area contributed by atoms with Crippen LogP contribution in [0.5, 0.6) is 17.2 Å². The minimum Gasteiger partial charge on any atom is -0.493 e. The Balaban J connectivity index is 1.24. The smallest absolute Gasteiger partial charge is 0.161 e. The van der Waals surface area contributed by atoms with Crippen molar-refractivity contribution in [2.24, 2.45) is 0 Å². The van der Waals surface area contributed by atoms with E-state index in [0.717, 1.165) is 55.2 Å². The van der Waals surface area contributed by atoms with E-state index >= 15 is 0 Å². The third-order valence-corrected chi connectivity index (χ3v) is 6.66. The molecule has 4 rings (SSSR count). The molecule has 1 aliphatic heterocycles. The molecule has 35 heavy (non-hydrogen) atoms. The number of aryl methyl sites for hydroxylation is 2. The maximum absolute atomic E-state index is 11.0. The van der Waals surface area contributed by atoms with Crippen LogP contribution >= 0.6 is 11.6 Å². The van der Waals surface area contributed by atoms with Crippen molar-refractivity contribution >= 4 is 11.6 Å². The van der Waals surface area contributed by atoms with Gasteiger partial charge in [0.25, 0.3) is 0 Å². The summed E-state index contributed by atoms with van der Waals surface area (Å²) in [6.07, 6.45) is 5.88. The Morgan fingerprint density at radius 3 is 2.63 bits per heavy atom. The largest absolute Gasteiger partial charge is 0.493 e. The standard InChI is InChI=1S/C27H34ClN3O4/c1-21-5-7-23(28)25(17-21)35-20-27(32)9-14-30(15-10-27)19-22-6-8-24(26(18-22)33-2)34-16-4-13-31-12-3-11-29-31/h3,5-8,11-12,17-18,32H,4,9-10,13-16,19-20H2,1-2H3. The first-order valence-corrected chi connectivity index (χ1v) is 12.4. The van der Waals surface area contributed by atoms with Crippen molar-refractivity contribution in [3.05, 3.63) is 71.0 Å². The van der Waals surface area contributed by atoms with Crippen molar-refractivity contribution in [3.63, 3.8) is 0 Å². The monoisotopic (exact) mass is 499 g/mol. The molecule has 3 aromatic rings. The maximum Gasteiger partial charge on any atom is 0.161 e. The quantitative estimate of drug-likeness (QED) is 0.385. The molecule has 7 nitrogen and oxygen atoms in total. The Labute approximate surface area is 212 Å². The van der Waals surface area contributed by atoms with Gasteiger partial charge in [0.15, 0.2) is 11.5 Å². The lowest BCUT2D eigenvalue weighted by Crippen LogP contribution is -2.47. The van der Waals surface area contributed by atoms with Gasteiger partial charge in [0.05, 0.1) is 18.7 Å². The van der Waals surface area contributed by atoms with Gasteiger partial charge in [0.1, 0.15) is 18.0 Å². The van der Waals surface area contributed by atoms with Crippen LogP contribution in [0, 0.1) is 6.92 Å². The molecule has 0 unspecified atom stereocenters. The van der Waals surface area contributed by atoms with Gasteiger partial charge in [0, 0.05) is 45.0 Å². The highest BCUT2D eigenvalue weighted by Gasteiger charge is 2.33. The SMILES string of the molecule is COc1cc(CN2CCC(O)(COc3cc(C)ccc3Cl)CC2)ccc1OCCCn1cccn1. The predicted octanol–water partition coefficient (Wildman–Crippen LogP) is 4.73. The molecule has 2 heterocycles. The second-order valence-corrected chi connectivity index (χ2v) is 9.59. The highest BCUT2D eigenvalue weighted by atomic mass is 35.5. The van der Waals surface area contributed by atoms with E-state index in [2.05, 4.69) is 16.1 Å². The van der Waals surface area contributed by atoms with Crippen molar-refractivity contribution in [2.75, 3.05) is 33.4 Å². The highest BCUT2D eigenvalue weighted by molar-refractivity contribution is 6.32. The van der Waals surface area contributed by atoms with Gasteiger partial charge in [-0.05, 0) is 61.2 Å². The van der Waals surface area contributed by atoms with Gasteiger partial charge in [0.2, 0.25) is 0 Å². The zero-order valence-electron chi connectivity index (χ0n) is 20.5. The summed E-state index contributed by atoms with van der Waals surface area (Å²) in [5.74, 6) is 2.11. The second kappa shape index (κ2) is 11.8. The van der Waals surface area contributed by atoms with Crippen LogP contribution in [0.2, 0.25) is 5.02 Å². The Kier molecular flexibility index (Phi) is 8.55. The number of benzene rings is 2. The van der Waals surface area contributed by atoms with E-state index in [4.69, 9.17) is 25.8 Å². The molecule has 8 heteroatoms. The summed E-state index contributed by atoms with van der Waals surface area (Å²) in [7, 11) is 1.66. The van der Waals surface area contributed by atoms with Crippen molar-refractivity contribution < 1.29 is 19.3 Å². The fourth-order valence-electron chi connectivity index (χ4n) is 4.23. The van der Waals surface area contributed by atoms with Crippen LogP contribution in [0.15, 0.2) is 54.9 Å². The molecule has 0 amide bonds. The van der Waals surface area contributed by atoms with Crippen LogP contribution in [0.25, 0.3) is 0 Å². The third kappa shape index (κ3) is 7.13. The normalized spacial score (nSPS) is 15.7. The van der Waals surface area contributed by atoms with Crippen molar-refractivity contribution in [1.29, 1.82) is 0 Å². The Morgan fingerprint density at radius 1 is 1.06 bits per heavy atom. The fraction of sp³-hybridized carbons (Fsp3) is 0.444. The van der Waals surface area contributed by atoms with Gasteiger partial charge in [-0.2, -0.15) is 5.10 Å². The Hall–Kier alpha value is -2.74. The van der Waals surface area contributed by atoms with Crippen LogP contribution in [0.4, 0.5) is 0 Å². The van der Waals surface area contributed by atoms with Gasteiger partial charge in [-0.25, -0.2) is 0 Å². The molecular formula is C27H34ClN3O4. The van der Waals surface area contributed by atoms with Gasteiger partial charge < -0.3 is 19.3 Å². The fourth-order valence-corrected chi connectivity index (χ4v) is 4.41. The van der Waals surface area contributed by atoms with Crippen LogP contribution in [-0.2, 0) is 13.1 Å². The lowest BCUT2D eigenvalue weighted by Gasteiger charge is -2.38. The number of ether oxygens (including phenoxy) is 3. The molecule has 188 valence electrons. The average molecular weight is 500 g/mol. The van der Waals surface area contributed by atoms with Crippen LogP contribution in [0.1, 0.15) is 30.4 Å². The molecule has 0 atom stereocenters. The van der Waals surface area contributed by atoms with Crippen molar-refractivity contribution in [1.82, 2.24) is 14.7 Å². The number of hydrogen-bond acceptors (Lipinski definition) is 6. The number of nitrogens with zero attached hydrogens (tertiary/aromatic N) is 3. The van der Waals surface area contributed by atoms with Crippen molar-refractivity contribution in [3.8, 4) is 17.2 Å². The number of hydrogen-bond donors (Lipinski definition) is 1. The summed E-state index contributed by atoms with van der Waals surface area (Å²) in [5, 5.41) is 15.8. The van der Waals surface area contributed by atoms with E-state index in [0.29, 0.717) is 30.2 Å². The lowest BCUT2D eigenvalue weighted by molar-refractivity contribution is -0.0537. The molecule has 1 aliphatic rings. The number of likely N-dealkylation sites (tertiary alicyclic amines) is 1. The zero-order valence-corrected chi connectivity index (χ0v) is 21.2. The van der Waals surface area contributed by atoms with Crippen molar-refractivity contribution in [2.45, 2.75) is 44.9 Å². The number of piperidine rings is 1. The molecule has 0 aliphatic carbocycles. The number of methoxy groups -OCH3 is 1. The topological polar surface area (TPSA) is 69.0 Å². The summed E-state index contributed by atoms with van der Waals surface area (Å²) < 4.78 is 19.3. The Bertz CT molecular complexity index is 1080. The molecular weight excluding hydrogens is 466 g/mol. The van der Waals surface area contributed by atoms with E-state index in [1.165, 1.54) is 0 Å². The molecule has 0 bridgehead atoms.